The van der Waals surface area contributed by atoms with Gasteiger partial charge in [-0.1, -0.05) is 24.3 Å². The number of rotatable bonds is 5. The Morgan fingerprint density at radius 1 is 1.21 bits per heavy atom. The average molecular weight is 259 g/mol. The Hall–Kier alpha value is -2.07. The fourth-order valence-corrected chi connectivity index (χ4v) is 1.89. The highest BCUT2D eigenvalue weighted by Gasteiger charge is 2.11. The third-order valence-corrected chi connectivity index (χ3v) is 2.87. The van der Waals surface area contributed by atoms with E-state index in [4.69, 9.17) is 9.84 Å². The maximum absolute atomic E-state index is 11.7. The Kier molecular flexibility index (Phi) is 4.36. The van der Waals surface area contributed by atoms with Gasteiger partial charge < -0.3 is 14.4 Å². The molecule has 0 saturated heterocycles. The van der Waals surface area contributed by atoms with Gasteiger partial charge in [0.05, 0.1) is 13.2 Å². The Morgan fingerprint density at radius 3 is 2.53 bits per heavy atom. The van der Waals surface area contributed by atoms with Crippen LogP contribution in [0.2, 0.25) is 0 Å². The fourth-order valence-electron chi connectivity index (χ4n) is 1.89. The number of nitrogens with zero attached hydrogens (tertiary/aromatic N) is 1. The van der Waals surface area contributed by atoms with Crippen LogP contribution in [-0.2, 0) is 17.9 Å². The second kappa shape index (κ2) is 6.20. The zero-order valence-electron chi connectivity index (χ0n) is 10.9. The van der Waals surface area contributed by atoms with Crippen LogP contribution >= 0.6 is 0 Å². The summed E-state index contributed by atoms with van der Waals surface area (Å²) in [5.74, 6) is -0.306. The van der Waals surface area contributed by atoms with Gasteiger partial charge >= 0.3 is 5.97 Å². The topological polar surface area (TPSA) is 51.5 Å². The standard InChI is InChI=1S/C15H17NO3/c1-2-19-15(18)14-4-3-9-16(14)10-12-5-7-13(11-17)8-6-12/h3-9,17H,2,10-11H2,1H3. The van der Waals surface area contributed by atoms with E-state index in [1.165, 1.54) is 0 Å². The molecular formula is C15H17NO3. The molecule has 0 aliphatic carbocycles. The minimum Gasteiger partial charge on any atom is -0.461 e. The minimum absolute atomic E-state index is 0.0396. The second-order valence-corrected chi connectivity index (χ2v) is 4.22. The third-order valence-electron chi connectivity index (χ3n) is 2.87. The summed E-state index contributed by atoms with van der Waals surface area (Å²) in [4.78, 5) is 11.7. The van der Waals surface area contributed by atoms with Gasteiger partial charge in [-0.3, -0.25) is 0 Å². The van der Waals surface area contributed by atoms with Crippen LogP contribution in [0.5, 0.6) is 0 Å². The summed E-state index contributed by atoms with van der Waals surface area (Å²) in [6.07, 6.45) is 1.85. The number of esters is 1. The van der Waals surface area contributed by atoms with Crippen molar-refractivity contribution in [2.45, 2.75) is 20.1 Å². The Bertz CT molecular complexity index is 543. The molecule has 0 aliphatic rings. The van der Waals surface area contributed by atoms with Crippen LogP contribution in [0.1, 0.15) is 28.5 Å². The predicted molar refractivity (Wildman–Crippen MR) is 71.9 cm³/mol. The highest BCUT2D eigenvalue weighted by Crippen LogP contribution is 2.10. The molecule has 1 N–H and O–H groups in total. The van der Waals surface area contributed by atoms with Gasteiger partial charge in [0, 0.05) is 12.7 Å². The first-order valence-corrected chi connectivity index (χ1v) is 6.25. The lowest BCUT2D eigenvalue weighted by Gasteiger charge is -2.09. The largest absolute Gasteiger partial charge is 0.461 e. The van der Waals surface area contributed by atoms with E-state index in [-0.39, 0.29) is 12.6 Å². The first-order chi connectivity index (χ1) is 9.24. The van der Waals surface area contributed by atoms with Gasteiger partial charge in [-0.15, -0.1) is 0 Å². The number of carbonyl (C=O) groups is 1. The maximum Gasteiger partial charge on any atom is 0.354 e. The van der Waals surface area contributed by atoms with E-state index < -0.39 is 0 Å². The van der Waals surface area contributed by atoms with Gasteiger partial charge in [0.2, 0.25) is 0 Å². The number of benzene rings is 1. The molecule has 0 radical (unpaired) electrons. The van der Waals surface area contributed by atoms with Gasteiger partial charge in [-0.05, 0) is 30.2 Å². The Morgan fingerprint density at radius 2 is 1.89 bits per heavy atom. The monoisotopic (exact) mass is 259 g/mol. The number of ether oxygens (including phenoxy) is 1. The molecule has 0 atom stereocenters. The summed E-state index contributed by atoms with van der Waals surface area (Å²) in [7, 11) is 0. The zero-order valence-corrected chi connectivity index (χ0v) is 10.9. The van der Waals surface area contributed by atoms with Crippen LogP contribution in [-0.4, -0.2) is 22.2 Å². The van der Waals surface area contributed by atoms with Crippen molar-refractivity contribution in [3.8, 4) is 0 Å². The molecule has 2 rings (SSSR count). The second-order valence-electron chi connectivity index (χ2n) is 4.22. The lowest BCUT2D eigenvalue weighted by Crippen LogP contribution is -2.12. The van der Waals surface area contributed by atoms with Crippen LogP contribution in [0.15, 0.2) is 42.6 Å². The van der Waals surface area contributed by atoms with Crippen LogP contribution in [0, 0.1) is 0 Å². The summed E-state index contributed by atoms with van der Waals surface area (Å²) >= 11 is 0. The molecule has 1 aromatic heterocycles. The molecule has 19 heavy (non-hydrogen) atoms. The molecule has 0 unspecified atom stereocenters. The number of hydrogen-bond acceptors (Lipinski definition) is 3. The van der Waals surface area contributed by atoms with Crippen molar-refractivity contribution < 1.29 is 14.6 Å². The molecule has 2 aromatic rings. The zero-order chi connectivity index (χ0) is 13.7. The third kappa shape index (κ3) is 3.23. The van der Waals surface area contributed by atoms with Crippen molar-refractivity contribution in [3.05, 3.63) is 59.4 Å². The lowest BCUT2D eigenvalue weighted by atomic mass is 10.1. The van der Waals surface area contributed by atoms with E-state index in [0.717, 1.165) is 11.1 Å². The number of hydrogen-bond donors (Lipinski definition) is 1. The molecular weight excluding hydrogens is 242 g/mol. The van der Waals surface area contributed by atoms with E-state index in [0.29, 0.717) is 18.8 Å². The normalized spacial score (nSPS) is 10.4. The van der Waals surface area contributed by atoms with Crippen LogP contribution in [0.3, 0.4) is 0 Å². The van der Waals surface area contributed by atoms with E-state index in [1.807, 2.05) is 41.1 Å². The first-order valence-electron chi connectivity index (χ1n) is 6.25. The quantitative estimate of drug-likeness (QED) is 0.837. The molecule has 100 valence electrons. The average Bonchev–Trinajstić information content (AvgIpc) is 2.88. The lowest BCUT2D eigenvalue weighted by molar-refractivity contribution is 0.0514. The summed E-state index contributed by atoms with van der Waals surface area (Å²) in [6, 6.07) is 11.2. The van der Waals surface area contributed by atoms with Crippen LogP contribution < -0.4 is 0 Å². The number of carbonyl (C=O) groups excluding carboxylic acids is 1. The molecule has 1 heterocycles. The maximum atomic E-state index is 11.7. The van der Waals surface area contributed by atoms with Crippen LogP contribution in [0.25, 0.3) is 0 Å². The van der Waals surface area contributed by atoms with Crippen molar-refractivity contribution in [2.24, 2.45) is 0 Å². The Balaban J connectivity index is 2.14. The molecule has 4 heteroatoms. The summed E-state index contributed by atoms with van der Waals surface area (Å²) in [6.45, 7) is 2.80. The van der Waals surface area contributed by atoms with Crippen molar-refractivity contribution in [3.63, 3.8) is 0 Å². The molecule has 0 fully saturated rings. The predicted octanol–water partition coefficient (Wildman–Crippen LogP) is 2.21. The van der Waals surface area contributed by atoms with Gasteiger partial charge in [0.15, 0.2) is 0 Å². The van der Waals surface area contributed by atoms with Crippen molar-refractivity contribution >= 4 is 5.97 Å². The van der Waals surface area contributed by atoms with E-state index in [2.05, 4.69) is 0 Å². The van der Waals surface area contributed by atoms with Gasteiger partial charge in [0.25, 0.3) is 0 Å². The number of aliphatic hydroxyl groups excluding tert-OH is 1. The summed E-state index contributed by atoms with van der Waals surface area (Å²) < 4.78 is 6.86. The summed E-state index contributed by atoms with van der Waals surface area (Å²) in [5.41, 5.74) is 2.49. The smallest absolute Gasteiger partial charge is 0.354 e. The molecule has 0 spiro atoms. The van der Waals surface area contributed by atoms with E-state index >= 15 is 0 Å². The highest BCUT2D eigenvalue weighted by molar-refractivity contribution is 5.87. The molecule has 0 saturated carbocycles. The summed E-state index contributed by atoms with van der Waals surface area (Å²) in [5, 5.41) is 8.99. The van der Waals surface area contributed by atoms with Crippen molar-refractivity contribution in [1.29, 1.82) is 0 Å². The molecule has 0 bridgehead atoms. The van der Waals surface area contributed by atoms with Gasteiger partial charge in [-0.25, -0.2) is 4.79 Å². The van der Waals surface area contributed by atoms with E-state index in [1.54, 1.807) is 13.0 Å². The fraction of sp³-hybridized carbons (Fsp3) is 0.267. The van der Waals surface area contributed by atoms with Gasteiger partial charge in [-0.2, -0.15) is 0 Å². The van der Waals surface area contributed by atoms with Crippen molar-refractivity contribution in [1.82, 2.24) is 4.57 Å². The van der Waals surface area contributed by atoms with Crippen molar-refractivity contribution in [2.75, 3.05) is 6.61 Å². The first kappa shape index (κ1) is 13.4. The number of aromatic nitrogens is 1. The Labute approximate surface area is 112 Å². The SMILES string of the molecule is CCOC(=O)c1cccn1Cc1ccc(CO)cc1. The molecule has 0 amide bonds. The van der Waals surface area contributed by atoms with Gasteiger partial charge in [0.1, 0.15) is 5.69 Å². The molecule has 4 nitrogen and oxygen atoms in total. The molecule has 1 aromatic carbocycles. The van der Waals surface area contributed by atoms with Crippen LogP contribution in [0.4, 0.5) is 0 Å². The highest BCUT2D eigenvalue weighted by atomic mass is 16.5. The molecule has 0 aliphatic heterocycles. The number of aliphatic hydroxyl groups is 1. The minimum atomic E-state index is -0.306. The van der Waals surface area contributed by atoms with E-state index in [9.17, 15) is 4.79 Å².